The summed E-state index contributed by atoms with van der Waals surface area (Å²) in [5.41, 5.74) is 8.32. The van der Waals surface area contributed by atoms with Gasteiger partial charge in [-0.2, -0.15) is 0 Å². The summed E-state index contributed by atoms with van der Waals surface area (Å²) >= 11 is 0. The lowest BCUT2D eigenvalue weighted by molar-refractivity contribution is 0.180. The van der Waals surface area contributed by atoms with Crippen LogP contribution >= 0.6 is 0 Å². The largest absolute Gasteiger partial charge is 0.381 e. The number of ether oxygens (including phenoxy) is 1. The Morgan fingerprint density at radius 3 is 3.06 bits per heavy atom. The van der Waals surface area contributed by atoms with Crippen LogP contribution in [0.2, 0.25) is 0 Å². The fraction of sp³-hybridized carbons (Fsp3) is 0.385. The van der Waals surface area contributed by atoms with Gasteiger partial charge >= 0.3 is 0 Å². The lowest BCUT2D eigenvalue weighted by atomic mass is 9.97. The van der Waals surface area contributed by atoms with E-state index in [1.807, 2.05) is 29.1 Å². The average Bonchev–Trinajstić information content (AvgIpc) is 3.10. The predicted molar refractivity (Wildman–Crippen MR) is 67.2 cm³/mol. The number of imidazole rings is 1. The molecule has 1 saturated heterocycles. The van der Waals surface area contributed by atoms with Gasteiger partial charge in [-0.05, 0) is 18.6 Å². The van der Waals surface area contributed by atoms with Gasteiger partial charge in [0.1, 0.15) is 0 Å². The topological polar surface area (TPSA) is 66.0 Å². The molecule has 94 valence electrons. The maximum absolute atomic E-state index is 6.32. The van der Waals surface area contributed by atoms with Crippen molar-refractivity contribution < 1.29 is 4.74 Å². The first-order valence-corrected chi connectivity index (χ1v) is 6.12. The summed E-state index contributed by atoms with van der Waals surface area (Å²) in [4.78, 5) is 8.33. The van der Waals surface area contributed by atoms with Gasteiger partial charge in [0.15, 0.2) is 0 Å². The molecule has 5 nitrogen and oxygen atoms in total. The number of pyridine rings is 1. The number of hydrogen-bond donors (Lipinski definition) is 1. The molecule has 2 N–H and O–H groups in total. The molecule has 2 atom stereocenters. The molecule has 0 aliphatic carbocycles. The van der Waals surface area contributed by atoms with Crippen LogP contribution in [0.25, 0.3) is 5.69 Å². The molecule has 1 aliphatic heterocycles. The van der Waals surface area contributed by atoms with Crippen molar-refractivity contribution in [2.24, 2.45) is 11.7 Å². The zero-order valence-electron chi connectivity index (χ0n) is 10.1. The van der Waals surface area contributed by atoms with Gasteiger partial charge in [-0.25, -0.2) is 4.98 Å². The van der Waals surface area contributed by atoms with Gasteiger partial charge in [-0.3, -0.25) is 4.98 Å². The zero-order chi connectivity index (χ0) is 12.4. The minimum atomic E-state index is -0.0461. The highest BCUT2D eigenvalue weighted by molar-refractivity contribution is 5.31. The van der Waals surface area contributed by atoms with Crippen molar-refractivity contribution in [3.63, 3.8) is 0 Å². The van der Waals surface area contributed by atoms with Gasteiger partial charge in [-0.1, -0.05) is 0 Å². The van der Waals surface area contributed by atoms with Crippen LogP contribution in [0.1, 0.15) is 18.2 Å². The Morgan fingerprint density at radius 2 is 2.33 bits per heavy atom. The first kappa shape index (κ1) is 11.4. The van der Waals surface area contributed by atoms with Gasteiger partial charge < -0.3 is 15.0 Å². The van der Waals surface area contributed by atoms with Gasteiger partial charge in [-0.15, -0.1) is 0 Å². The van der Waals surface area contributed by atoms with Crippen molar-refractivity contribution in [1.82, 2.24) is 14.5 Å². The highest BCUT2D eigenvalue weighted by atomic mass is 16.5. The van der Waals surface area contributed by atoms with E-state index < -0.39 is 0 Å². The molecule has 0 saturated carbocycles. The van der Waals surface area contributed by atoms with Crippen LogP contribution in [-0.4, -0.2) is 27.7 Å². The van der Waals surface area contributed by atoms with E-state index in [1.54, 1.807) is 12.5 Å². The molecule has 18 heavy (non-hydrogen) atoms. The normalized spacial score (nSPS) is 21.1. The summed E-state index contributed by atoms with van der Waals surface area (Å²) < 4.78 is 7.40. The number of rotatable bonds is 3. The minimum Gasteiger partial charge on any atom is -0.381 e. The Bertz CT molecular complexity index is 505. The van der Waals surface area contributed by atoms with E-state index in [0.29, 0.717) is 5.92 Å². The second kappa shape index (κ2) is 4.88. The van der Waals surface area contributed by atoms with Crippen LogP contribution in [0, 0.1) is 5.92 Å². The summed E-state index contributed by atoms with van der Waals surface area (Å²) in [5, 5.41) is 0. The van der Waals surface area contributed by atoms with Crippen LogP contribution in [0.3, 0.4) is 0 Å². The third kappa shape index (κ3) is 2.02. The Balaban J connectivity index is 1.91. The van der Waals surface area contributed by atoms with Crippen molar-refractivity contribution in [2.75, 3.05) is 13.2 Å². The lowest BCUT2D eigenvalue weighted by Gasteiger charge is -2.19. The van der Waals surface area contributed by atoms with Crippen molar-refractivity contribution in [3.8, 4) is 5.69 Å². The monoisotopic (exact) mass is 244 g/mol. The van der Waals surface area contributed by atoms with Gasteiger partial charge in [0.05, 0.1) is 42.8 Å². The highest BCUT2D eigenvalue weighted by Gasteiger charge is 2.26. The summed E-state index contributed by atoms with van der Waals surface area (Å²) in [5.74, 6) is 0.372. The van der Waals surface area contributed by atoms with E-state index in [2.05, 4.69) is 9.97 Å². The van der Waals surface area contributed by atoms with E-state index in [-0.39, 0.29) is 6.04 Å². The summed E-state index contributed by atoms with van der Waals surface area (Å²) in [7, 11) is 0. The smallest absolute Gasteiger partial charge is 0.0995 e. The molecular formula is C13H16N4O. The molecule has 3 heterocycles. The third-order valence-electron chi connectivity index (χ3n) is 3.41. The summed E-state index contributed by atoms with van der Waals surface area (Å²) in [6.45, 7) is 1.54. The van der Waals surface area contributed by atoms with Gasteiger partial charge in [0, 0.05) is 18.7 Å². The number of nitrogens with zero attached hydrogens (tertiary/aromatic N) is 3. The molecule has 5 heteroatoms. The first-order chi connectivity index (χ1) is 8.86. The van der Waals surface area contributed by atoms with Crippen molar-refractivity contribution in [3.05, 3.63) is 42.7 Å². The average molecular weight is 244 g/mol. The zero-order valence-corrected chi connectivity index (χ0v) is 10.1. The van der Waals surface area contributed by atoms with Crippen molar-refractivity contribution in [1.29, 1.82) is 0 Å². The van der Waals surface area contributed by atoms with Crippen LogP contribution in [-0.2, 0) is 4.74 Å². The second-order valence-electron chi connectivity index (χ2n) is 4.55. The predicted octanol–water partition coefficient (Wildman–Crippen LogP) is 1.30. The SMILES string of the molecule is NC(c1cncn1-c1cccnc1)C1CCOC1. The Kier molecular flexibility index (Phi) is 3.08. The Morgan fingerprint density at radius 1 is 1.39 bits per heavy atom. The van der Waals surface area contributed by atoms with Crippen molar-refractivity contribution in [2.45, 2.75) is 12.5 Å². The molecule has 3 rings (SSSR count). The maximum atomic E-state index is 6.32. The Labute approximate surface area is 106 Å². The molecule has 0 amide bonds. The van der Waals surface area contributed by atoms with Crippen LogP contribution in [0.4, 0.5) is 0 Å². The molecule has 2 unspecified atom stereocenters. The molecule has 0 aromatic carbocycles. The molecule has 1 fully saturated rings. The third-order valence-corrected chi connectivity index (χ3v) is 3.41. The van der Waals surface area contributed by atoms with E-state index in [0.717, 1.165) is 31.0 Å². The number of nitrogens with two attached hydrogens (primary N) is 1. The fourth-order valence-corrected chi connectivity index (χ4v) is 2.34. The molecule has 2 aromatic rings. The van der Waals surface area contributed by atoms with Gasteiger partial charge in [0.2, 0.25) is 0 Å². The summed E-state index contributed by atoms with van der Waals surface area (Å²) in [6, 6.07) is 3.86. The van der Waals surface area contributed by atoms with E-state index in [1.165, 1.54) is 0 Å². The standard InChI is InChI=1S/C13H16N4O/c14-13(10-3-5-18-8-10)12-7-16-9-17(12)11-2-1-4-15-6-11/h1-2,4,6-7,9-10,13H,3,5,8,14H2. The molecule has 0 spiro atoms. The minimum absolute atomic E-state index is 0.0461. The summed E-state index contributed by atoms with van der Waals surface area (Å²) in [6.07, 6.45) is 8.19. The quantitative estimate of drug-likeness (QED) is 0.884. The fourth-order valence-electron chi connectivity index (χ4n) is 2.34. The number of hydrogen-bond acceptors (Lipinski definition) is 4. The molecular weight excluding hydrogens is 228 g/mol. The Hall–Kier alpha value is -1.72. The van der Waals surface area contributed by atoms with Crippen LogP contribution in [0.15, 0.2) is 37.1 Å². The van der Waals surface area contributed by atoms with Crippen LogP contribution < -0.4 is 5.73 Å². The van der Waals surface area contributed by atoms with Gasteiger partial charge in [0.25, 0.3) is 0 Å². The van der Waals surface area contributed by atoms with E-state index in [4.69, 9.17) is 10.5 Å². The van der Waals surface area contributed by atoms with Crippen molar-refractivity contribution >= 4 is 0 Å². The lowest BCUT2D eigenvalue weighted by Crippen LogP contribution is -2.24. The van der Waals surface area contributed by atoms with E-state index in [9.17, 15) is 0 Å². The molecule has 0 radical (unpaired) electrons. The molecule has 2 aromatic heterocycles. The first-order valence-electron chi connectivity index (χ1n) is 6.12. The molecule has 0 bridgehead atoms. The highest BCUT2D eigenvalue weighted by Crippen LogP contribution is 2.27. The maximum Gasteiger partial charge on any atom is 0.0995 e. The second-order valence-corrected chi connectivity index (χ2v) is 4.55. The molecule has 1 aliphatic rings. The van der Waals surface area contributed by atoms with E-state index >= 15 is 0 Å². The van der Waals surface area contributed by atoms with Crippen LogP contribution in [0.5, 0.6) is 0 Å². The number of aromatic nitrogens is 3.